The predicted molar refractivity (Wildman–Crippen MR) is 129 cm³/mol. The Kier molecular flexibility index (Phi) is 9.83. The van der Waals surface area contributed by atoms with Crippen molar-refractivity contribution in [2.45, 2.75) is 91.0 Å². The van der Waals surface area contributed by atoms with Gasteiger partial charge >= 0.3 is 12.0 Å². The zero-order valence-electron chi connectivity index (χ0n) is 21.7. The van der Waals surface area contributed by atoms with Gasteiger partial charge in [-0.25, -0.2) is 4.79 Å². The van der Waals surface area contributed by atoms with Crippen LogP contribution in [0, 0.1) is 11.3 Å². The third-order valence-corrected chi connectivity index (χ3v) is 6.13. The number of nitrogens with zero attached hydrogens (tertiary/aromatic N) is 1. The van der Waals surface area contributed by atoms with E-state index in [1.54, 1.807) is 34.6 Å². The van der Waals surface area contributed by atoms with E-state index in [4.69, 9.17) is 10.5 Å². The van der Waals surface area contributed by atoms with Crippen LogP contribution in [0.25, 0.3) is 0 Å². The van der Waals surface area contributed by atoms with Crippen molar-refractivity contribution < 1.29 is 33.5 Å². The molecule has 12 heteroatoms. The second-order valence-electron chi connectivity index (χ2n) is 10.8. The van der Waals surface area contributed by atoms with Gasteiger partial charge < -0.3 is 31.3 Å². The van der Waals surface area contributed by atoms with Crippen LogP contribution in [0.3, 0.4) is 0 Å². The van der Waals surface area contributed by atoms with Crippen LogP contribution in [0.15, 0.2) is 0 Å². The zero-order chi connectivity index (χ0) is 27.2. The summed E-state index contributed by atoms with van der Waals surface area (Å²) >= 11 is 0. The van der Waals surface area contributed by atoms with Crippen LogP contribution in [0.1, 0.15) is 66.7 Å². The number of ether oxygens (including phenoxy) is 1. The van der Waals surface area contributed by atoms with E-state index in [1.807, 2.05) is 0 Å². The van der Waals surface area contributed by atoms with Crippen molar-refractivity contribution in [3.63, 3.8) is 0 Å². The van der Waals surface area contributed by atoms with Gasteiger partial charge in [-0.2, -0.15) is 0 Å². The van der Waals surface area contributed by atoms with Gasteiger partial charge in [-0.1, -0.05) is 33.6 Å². The van der Waals surface area contributed by atoms with Gasteiger partial charge in [0.05, 0.1) is 12.1 Å². The molecule has 0 aromatic carbocycles. The average molecular weight is 510 g/mol. The predicted octanol–water partition coefficient (Wildman–Crippen LogP) is -0.0178. The van der Waals surface area contributed by atoms with Gasteiger partial charge in [-0.05, 0) is 44.4 Å². The molecule has 0 radical (unpaired) electrons. The Morgan fingerprint density at radius 1 is 1.03 bits per heavy atom. The van der Waals surface area contributed by atoms with Gasteiger partial charge in [0, 0.05) is 6.54 Å². The molecule has 3 atom stereocenters. The van der Waals surface area contributed by atoms with Crippen molar-refractivity contribution in [3.05, 3.63) is 0 Å². The lowest BCUT2D eigenvalue weighted by Crippen LogP contribution is -2.60. The largest absolute Gasteiger partial charge is 0.462 e. The summed E-state index contributed by atoms with van der Waals surface area (Å²) in [4.78, 5) is 75.9. The Hall–Kier alpha value is -3.18. The number of nitrogens with one attached hydrogen (secondary N) is 3. The number of primary amides is 1. The molecule has 36 heavy (non-hydrogen) atoms. The number of hydrogen-bond acceptors (Lipinski definition) is 7. The highest BCUT2D eigenvalue weighted by atomic mass is 16.5. The molecule has 1 saturated heterocycles. The third-order valence-electron chi connectivity index (χ3n) is 6.13. The summed E-state index contributed by atoms with van der Waals surface area (Å²) in [6.45, 7) is 8.62. The monoisotopic (exact) mass is 509 g/mol. The number of Topliss-reactive ketones (excluding diaryl/α,β-unsaturated/α-hetero) is 1. The summed E-state index contributed by atoms with van der Waals surface area (Å²) in [6.07, 6.45) is 2.78. The van der Waals surface area contributed by atoms with Crippen LogP contribution in [-0.4, -0.2) is 77.7 Å². The summed E-state index contributed by atoms with van der Waals surface area (Å²) in [5.74, 6) is -3.31. The maximum atomic E-state index is 13.5. The zero-order valence-corrected chi connectivity index (χ0v) is 21.7. The van der Waals surface area contributed by atoms with Crippen LogP contribution in [-0.2, 0) is 28.7 Å². The maximum absolute atomic E-state index is 13.5. The highest BCUT2D eigenvalue weighted by molar-refractivity contribution is 6.37. The summed E-state index contributed by atoms with van der Waals surface area (Å²) in [5, 5.41) is 7.63. The molecule has 5 N–H and O–H groups in total. The molecule has 2 fully saturated rings. The fraction of sp³-hybridized carbons (Fsp3) is 0.750. The van der Waals surface area contributed by atoms with Gasteiger partial charge in [0.2, 0.25) is 17.6 Å². The molecule has 0 aromatic heterocycles. The number of esters is 1. The molecule has 2 unspecified atom stereocenters. The first-order valence-corrected chi connectivity index (χ1v) is 12.4. The molecule has 1 saturated carbocycles. The van der Waals surface area contributed by atoms with E-state index in [2.05, 4.69) is 16.0 Å². The van der Waals surface area contributed by atoms with E-state index < -0.39 is 59.0 Å². The minimum absolute atomic E-state index is 0.255. The maximum Gasteiger partial charge on any atom is 0.325 e. The van der Waals surface area contributed by atoms with E-state index in [0.717, 1.165) is 12.8 Å². The standard InChI is InChI=1S/C24H39N5O7/c1-13(2)36-17(30)12-26-23(35)28-19(24(3,4)5)22(34)29-10-6-7-16(29)21(33)27-15(11-14-8-9-14)18(31)20(25)32/h13-16,19H,6-12H2,1-5H3,(H2,25,32)(H,27,33)(H2,26,28,35)/t15?,16-,19?/m0/s1. The first-order chi connectivity index (χ1) is 16.7. The van der Waals surface area contributed by atoms with Gasteiger partial charge in [0.25, 0.3) is 5.91 Å². The van der Waals surface area contributed by atoms with Crippen molar-refractivity contribution in [3.8, 4) is 0 Å². The number of rotatable bonds is 11. The van der Waals surface area contributed by atoms with Crippen molar-refractivity contribution >= 4 is 35.5 Å². The van der Waals surface area contributed by atoms with E-state index in [-0.39, 0.29) is 18.6 Å². The smallest absolute Gasteiger partial charge is 0.325 e. The molecular weight excluding hydrogens is 470 g/mol. The molecule has 1 aliphatic carbocycles. The number of likely N-dealkylation sites (tertiary alicyclic amines) is 1. The summed E-state index contributed by atoms with van der Waals surface area (Å²) in [7, 11) is 0. The molecule has 1 heterocycles. The Balaban J connectivity index is 2.08. The summed E-state index contributed by atoms with van der Waals surface area (Å²) in [5.41, 5.74) is 4.44. The Bertz CT molecular complexity index is 879. The van der Waals surface area contributed by atoms with E-state index in [0.29, 0.717) is 25.8 Å². The fourth-order valence-electron chi connectivity index (χ4n) is 4.11. The minimum Gasteiger partial charge on any atom is -0.462 e. The summed E-state index contributed by atoms with van der Waals surface area (Å²) in [6, 6.07) is -3.59. The number of amides is 5. The molecule has 2 rings (SSSR count). The Morgan fingerprint density at radius 2 is 1.67 bits per heavy atom. The highest BCUT2D eigenvalue weighted by Gasteiger charge is 2.43. The Morgan fingerprint density at radius 3 is 2.19 bits per heavy atom. The number of hydrogen-bond donors (Lipinski definition) is 4. The lowest BCUT2D eigenvalue weighted by atomic mass is 9.85. The normalized spacial score (nSPS) is 19.3. The fourth-order valence-corrected chi connectivity index (χ4v) is 4.11. The molecule has 12 nitrogen and oxygen atoms in total. The van der Waals surface area contributed by atoms with Gasteiger partial charge in [0.1, 0.15) is 18.6 Å². The quantitative estimate of drug-likeness (QED) is 0.223. The first kappa shape index (κ1) is 29.1. The summed E-state index contributed by atoms with van der Waals surface area (Å²) < 4.78 is 4.98. The van der Waals surface area contributed by atoms with Gasteiger partial charge in [-0.15, -0.1) is 0 Å². The number of urea groups is 1. The van der Waals surface area contributed by atoms with Crippen LogP contribution < -0.4 is 21.7 Å². The van der Waals surface area contributed by atoms with Gasteiger partial charge in [-0.3, -0.25) is 24.0 Å². The molecular formula is C24H39N5O7. The van der Waals surface area contributed by atoms with Crippen LogP contribution in [0.5, 0.6) is 0 Å². The van der Waals surface area contributed by atoms with Crippen LogP contribution in [0.4, 0.5) is 4.79 Å². The van der Waals surface area contributed by atoms with Gasteiger partial charge in [0.15, 0.2) is 0 Å². The number of nitrogens with two attached hydrogens (primary N) is 1. The van der Waals surface area contributed by atoms with E-state index in [9.17, 15) is 28.8 Å². The van der Waals surface area contributed by atoms with Crippen molar-refractivity contribution in [1.29, 1.82) is 0 Å². The Labute approximate surface area is 211 Å². The molecule has 202 valence electrons. The van der Waals surface area contributed by atoms with E-state index in [1.165, 1.54) is 4.90 Å². The van der Waals surface area contributed by atoms with Crippen molar-refractivity contribution in [2.24, 2.45) is 17.1 Å². The minimum atomic E-state index is -1.11. The van der Waals surface area contributed by atoms with Crippen LogP contribution in [0.2, 0.25) is 0 Å². The number of carbonyl (C=O) groups is 6. The molecule has 1 aliphatic heterocycles. The molecule has 0 bridgehead atoms. The lowest BCUT2D eigenvalue weighted by molar-refractivity contribution is -0.146. The molecule has 0 spiro atoms. The highest BCUT2D eigenvalue weighted by Crippen LogP contribution is 2.34. The molecule has 0 aromatic rings. The topological polar surface area (TPSA) is 177 Å². The molecule has 2 aliphatic rings. The number of carbonyl (C=O) groups excluding carboxylic acids is 6. The SMILES string of the molecule is CC(C)OC(=O)CNC(=O)NC(C(=O)N1CCC[C@H]1C(=O)NC(CC1CC1)C(=O)C(N)=O)C(C)(C)C. The average Bonchev–Trinajstić information content (AvgIpc) is 3.44. The van der Waals surface area contributed by atoms with E-state index >= 15 is 0 Å². The van der Waals surface area contributed by atoms with Crippen molar-refractivity contribution in [2.75, 3.05) is 13.1 Å². The van der Waals surface area contributed by atoms with Crippen molar-refractivity contribution in [1.82, 2.24) is 20.9 Å². The molecule has 5 amide bonds. The second kappa shape index (κ2) is 12.2. The first-order valence-electron chi connectivity index (χ1n) is 12.4. The number of ketones is 1. The van der Waals surface area contributed by atoms with Crippen LogP contribution >= 0.6 is 0 Å². The lowest BCUT2D eigenvalue weighted by Gasteiger charge is -2.35. The third kappa shape index (κ3) is 8.49. The second-order valence-corrected chi connectivity index (χ2v) is 10.8.